The van der Waals surface area contributed by atoms with E-state index in [2.05, 4.69) is 10.6 Å². The van der Waals surface area contributed by atoms with Gasteiger partial charge in [0.1, 0.15) is 12.1 Å². The molecule has 8 heteroatoms. The van der Waals surface area contributed by atoms with Gasteiger partial charge in [0.15, 0.2) is 0 Å². The number of hydrogen-bond acceptors (Lipinski definition) is 4. The quantitative estimate of drug-likeness (QED) is 0.493. The molecule has 0 fully saturated rings. The Morgan fingerprint density at radius 2 is 0.964 bits per heavy atom. The highest BCUT2D eigenvalue weighted by atomic mass is 16.4. The highest BCUT2D eigenvalue weighted by molar-refractivity contribution is 6.35. The summed E-state index contributed by atoms with van der Waals surface area (Å²) in [6, 6.07) is 14.6. The zero-order valence-corrected chi connectivity index (χ0v) is 14.9. The van der Waals surface area contributed by atoms with Crippen LogP contribution in [-0.2, 0) is 32.0 Å². The number of aliphatic carboxylic acids is 2. The monoisotopic (exact) mass is 384 g/mol. The number of hydrogen-bond donors (Lipinski definition) is 4. The molecule has 0 bridgehead atoms. The second kappa shape index (κ2) is 9.86. The second-order valence-electron chi connectivity index (χ2n) is 6.11. The average Bonchev–Trinajstić information content (AvgIpc) is 2.68. The van der Waals surface area contributed by atoms with Crippen LogP contribution in [0.2, 0.25) is 0 Å². The maximum atomic E-state index is 12.1. The van der Waals surface area contributed by atoms with Crippen molar-refractivity contribution in [3.05, 3.63) is 71.8 Å². The van der Waals surface area contributed by atoms with E-state index in [1.54, 1.807) is 60.7 Å². The Morgan fingerprint density at radius 1 is 0.643 bits per heavy atom. The highest BCUT2D eigenvalue weighted by Crippen LogP contribution is 2.05. The van der Waals surface area contributed by atoms with Gasteiger partial charge < -0.3 is 20.8 Å². The first-order valence-electron chi connectivity index (χ1n) is 8.51. The Balaban J connectivity index is 1.99. The predicted octanol–water partition coefficient (Wildman–Crippen LogP) is 0.611. The van der Waals surface area contributed by atoms with Crippen LogP contribution in [0.3, 0.4) is 0 Å². The van der Waals surface area contributed by atoms with Gasteiger partial charge in [0.25, 0.3) is 0 Å². The van der Waals surface area contributed by atoms with Crippen molar-refractivity contribution in [2.75, 3.05) is 0 Å². The number of rotatable bonds is 8. The molecule has 2 unspecified atom stereocenters. The zero-order valence-electron chi connectivity index (χ0n) is 14.9. The van der Waals surface area contributed by atoms with Gasteiger partial charge in [0, 0.05) is 12.8 Å². The Kier molecular flexibility index (Phi) is 7.27. The summed E-state index contributed by atoms with van der Waals surface area (Å²) in [5.74, 6) is -5.02. The third-order valence-electron chi connectivity index (χ3n) is 3.98. The van der Waals surface area contributed by atoms with Crippen molar-refractivity contribution in [1.29, 1.82) is 0 Å². The molecule has 28 heavy (non-hydrogen) atoms. The lowest BCUT2D eigenvalue weighted by Gasteiger charge is -2.17. The predicted molar refractivity (Wildman–Crippen MR) is 99.4 cm³/mol. The molecule has 0 saturated carbocycles. The third-order valence-corrected chi connectivity index (χ3v) is 3.98. The standard InChI is InChI=1S/C20H20N2O6/c23-17(21-15(19(25)26)11-13-7-3-1-4-8-13)18(24)22-16(20(27)28)12-14-9-5-2-6-10-14/h1-10,15-16H,11-12H2,(H,21,23)(H,22,24)(H,25,26)(H,27,28). The van der Waals surface area contributed by atoms with Crippen molar-refractivity contribution >= 4 is 23.8 Å². The summed E-state index contributed by atoms with van der Waals surface area (Å²) in [4.78, 5) is 46.9. The minimum Gasteiger partial charge on any atom is -0.480 e. The molecule has 2 amide bonds. The Bertz CT molecular complexity index is 767. The van der Waals surface area contributed by atoms with Crippen LogP contribution in [0.15, 0.2) is 60.7 Å². The molecule has 8 nitrogen and oxygen atoms in total. The third kappa shape index (κ3) is 6.24. The number of carbonyl (C=O) groups excluding carboxylic acids is 2. The maximum Gasteiger partial charge on any atom is 0.326 e. The largest absolute Gasteiger partial charge is 0.480 e. The molecule has 2 rings (SSSR count). The van der Waals surface area contributed by atoms with Gasteiger partial charge in [-0.15, -0.1) is 0 Å². The van der Waals surface area contributed by atoms with Crippen molar-refractivity contribution in [3.63, 3.8) is 0 Å². The van der Waals surface area contributed by atoms with E-state index >= 15 is 0 Å². The summed E-state index contributed by atoms with van der Waals surface area (Å²) in [5, 5.41) is 22.8. The summed E-state index contributed by atoms with van der Waals surface area (Å²) in [6.45, 7) is 0. The number of carboxylic acid groups (broad SMARTS) is 2. The van der Waals surface area contributed by atoms with Gasteiger partial charge >= 0.3 is 23.8 Å². The van der Waals surface area contributed by atoms with Gasteiger partial charge in [-0.2, -0.15) is 0 Å². The van der Waals surface area contributed by atoms with E-state index in [0.717, 1.165) is 0 Å². The fourth-order valence-electron chi connectivity index (χ4n) is 2.55. The number of benzene rings is 2. The fourth-order valence-corrected chi connectivity index (χ4v) is 2.55. The van der Waals surface area contributed by atoms with E-state index in [9.17, 15) is 29.4 Å². The summed E-state index contributed by atoms with van der Waals surface area (Å²) in [6.07, 6.45) is -0.0247. The molecule has 2 aromatic rings. The summed E-state index contributed by atoms with van der Waals surface area (Å²) >= 11 is 0. The average molecular weight is 384 g/mol. The molecule has 0 spiro atoms. The van der Waals surface area contributed by atoms with Crippen molar-refractivity contribution in [3.8, 4) is 0 Å². The van der Waals surface area contributed by atoms with Gasteiger partial charge in [-0.05, 0) is 11.1 Å². The lowest BCUT2D eigenvalue weighted by molar-refractivity contribution is -0.147. The summed E-state index contributed by atoms with van der Waals surface area (Å²) in [5.41, 5.74) is 1.34. The SMILES string of the molecule is O=C(NC(Cc1ccccc1)C(=O)O)C(=O)NC(Cc1ccccc1)C(=O)O. The van der Waals surface area contributed by atoms with Crippen LogP contribution in [0.4, 0.5) is 0 Å². The van der Waals surface area contributed by atoms with Crippen molar-refractivity contribution < 1.29 is 29.4 Å². The first-order valence-corrected chi connectivity index (χ1v) is 8.51. The maximum absolute atomic E-state index is 12.1. The molecular weight excluding hydrogens is 364 g/mol. The van der Waals surface area contributed by atoms with E-state index in [4.69, 9.17) is 0 Å². The normalized spacial score (nSPS) is 12.4. The van der Waals surface area contributed by atoms with Gasteiger partial charge in [-0.25, -0.2) is 9.59 Å². The summed E-state index contributed by atoms with van der Waals surface area (Å²) in [7, 11) is 0. The molecule has 0 aliphatic heterocycles. The Labute approximate surface area is 161 Å². The molecule has 0 radical (unpaired) electrons. The van der Waals surface area contributed by atoms with Crippen LogP contribution in [0.25, 0.3) is 0 Å². The fraction of sp³-hybridized carbons (Fsp3) is 0.200. The van der Waals surface area contributed by atoms with E-state index in [1.807, 2.05) is 0 Å². The number of amides is 2. The highest BCUT2D eigenvalue weighted by Gasteiger charge is 2.27. The van der Waals surface area contributed by atoms with Gasteiger partial charge in [0.05, 0.1) is 0 Å². The lowest BCUT2D eigenvalue weighted by atomic mass is 10.1. The van der Waals surface area contributed by atoms with Gasteiger partial charge in [-0.3, -0.25) is 9.59 Å². The van der Waals surface area contributed by atoms with Crippen LogP contribution < -0.4 is 10.6 Å². The molecule has 0 saturated heterocycles. The summed E-state index contributed by atoms with van der Waals surface area (Å²) < 4.78 is 0. The van der Waals surface area contributed by atoms with E-state index in [0.29, 0.717) is 11.1 Å². The molecule has 0 heterocycles. The topological polar surface area (TPSA) is 133 Å². The van der Waals surface area contributed by atoms with Gasteiger partial charge in [-0.1, -0.05) is 60.7 Å². The molecule has 146 valence electrons. The minimum absolute atomic E-state index is 0.0123. The molecule has 0 aliphatic rings. The van der Waals surface area contributed by atoms with E-state index in [1.165, 1.54) is 0 Å². The Hall–Kier alpha value is -3.68. The van der Waals surface area contributed by atoms with Crippen LogP contribution in [0.1, 0.15) is 11.1 Å². The molecule has 2 atom stereocenters. The zero-order chi connectivity index (χ0) is 20.5. The van der Waals surface area contributed by atoms with E-state index < -0.39 is 35.8 Å². The molecule has 4 N–H and O–H groups in total. The van der Waals surface area contributed by atoms with Crippen LogP contribution in [0.5, 0.6) is 0 Å². The molecular formula is C20H20N2O6. The number of carbonyl (C=O) groups is 4. The van der Waals surface area contributed by atoms with Crippen LogP contribution >= 0.6 is 0 Å². The number of carboxylic acids is 2. The molecule has 0 aromatic heterocycles. The molecule has 0 aliphatic carbocycles. The second-order valence-corrected chi connectivity index (χ2v) is 6.11. The smallest absolute Gasteiger partial charge is 0.326 e. The van der Waals surface area contributed by atoms with Gasteiger partial charge in [0.2, 0.25) is 0 Å². The lowest BCUT2D eigenvalue weighted by Crippen LogP contribution is -2.52. The first-order chi connectivity index (χ1) is 13.4. The van der Waals surface area contributed by atoms with Crippen molar-refractivity contribution in [2.24, 2.45) is 0 Å². The first kappa shape index (κ1) is 20.6. The number of nitrogens with one attached hydrogen (secondary N) is 2. The van der Waals surface area contributed by atoms with Crippen molar-refractivity contribution in [2.45, 2.75) is 24.9 Å². The minimum atomic E-state index is -1.32. The van der Waals surface area contributed by atoms with Crippen LogP contribution in [-0.4, -0.2) is 46.0 Å². The van der Waals surface area contributed by atoms with Crippen molar-refractivity contribution in [1.82, 2.24) is 10.6 Å². The molecule has 2 aromatic carbocycles. The van der Waals surface area contributed by atoms with E-state index in [-0.39, 0.29) is 12.8 Å². The Morgan fingerprint density at radius 3 is 1.25 bits per heavy atom. The van der Waals surface area contributed by atoms with Crippen LogP contribution in [0, 0.1) is 0 Å².